The number of fused-ring (bicyclic) bond motifs is 1. The van der Waals surface area contributed by atoms with E-state index in [0.29, 0.717) is 6.17 Å². The lowest BCUT2D eigenvalue weighted by molar-refractivity contribution is 0.0572. The van der Waals surface area contributed by atoms with Crippen LogP contribution in [0.25, 0.3) is 0 Å². The van der Waals surface area contributed by atoms with E-state index in [1.54, 1.807) is 0 Å². The third-order valence-electron chi connectivity index (χ3n) is 3.28. The Bertz CT molecular complexity index is 220. The van der Waals surface area contributed by atoms with Crippen molar-refractivity contribution < 1.29 is 0 Å². The zero-order valence-electron chi connectivity index (χ0n) is 8.48. The van der Waals surface area contributed by atoms with E-state index in [1.165, 1.54) is 45.2 Å². The fraction of sp³-hybridized carbons (Fsp3) is 0.900. The maximum absolute atomic E-state index is 5.19. The van der Waals surface area contributed by atoms with Gasteiger partial charge in [0.25, 0.3) is 0 Å². The number of thiol groups is 1. The highest BCUT2D eigenvalue weighted by molar-refractivity contribution is 8.10. The van der Waals surface area contributed by atoms with E-state index < -0.39 is 0 Å². The van der Waals surface area contributed by atoms with Gasteiger partial charge in [0.2, 0.25) is 0 Å². The molecule has 0 bridgehead atoms. The highest BCUT2D eigenvalue weighted by Crippen LogP contribution is 2.24. The minimum Gasteiger partial charge on any atom is -0.342 e. The second kappa shape index (κ2) is 4.81. The van der Waals surface area contributed by atoms with E-state index in [1.807, 2.05) is 0 Å². The van der Waals surface area contributed by atoms with Crippen LogP contribution in [-0.2, 0) is 0 Å². The van der Waals surface area contributed by atoms with Crippen LogP contribution in [0.1, 0.15) is 32.1 Å². The summed E-state index contributed by atoms with van der Waals surface area (Å²) < 4.78 is 0.779. The normalized spacial score (nSPS) is 29.5. The Morgan fingerprint density at radius 2 is 1.86 bits per heavy atom. The standard InChI is InChI=1S/C10H18N2S2/c13-10(14)12-8-4-7-11-6-3-1-2-5-9(11)12/h9H,1-8H2,(H,13,14). The maximum atomic E-state index is 5.19. The third kappa shape index (κ3) is 2.23. The first-order valence-electron chi connectivity index (χ1n) is 5.52. The van der Waals surface area contributed by atoms with Crippen molar-refractivity contribution in [2.45, 2.75) is 38.3 Å². The number of nitrogens with zero attached hydrogens (tertiary/aromatic N) is 2. The zero-order chi connectivity index (χ0) is 9.97. The molecule has 0 radical (unpaired) electrons. The summed E-state index contributed by atoms with van der Waals surface area (Å²) in [6, 6.07) is 0. The predicted octanol–water partition coefficient (Wildman–Crippen LogP) is 2.11. The Hall–Kier alpha value is 0.200. The lowest BCUT2D eigenvalue weighted by Gasteiger charge is -2.43. The van der Waals surface area contributed by atoms with Crippen molar-refractivity contribution in [1.29, 1.82) is 0 Å². The van der Waals surface area contributed by atoms with Crippen LogP contribution in [0.4, 0.5) is 0 Å². The molecule has 0 aromatic carbocycles. The monoisotopic (exact) mass is 230 g/mol. The molecular weight excluding hydrogens is 212 g/mol. The van der Waals surface area contributed by atoms with Crippen LogP contribution in [0.15, 0.2) is 0 Å². The van der Waals surface area contributed by atoms with Gasteiger partial charge in [-0.05, 0) is 25.7 Å². The smallest absolute Gasteiger partial charge is 0.134 e. The van der Waals surface area contributed by atoms with Crippen LogP contribution in [-0.4, -0.2) is 39.9 Å². The molecule has 0 spiro atoms. The van der Waals surface area contributed by atoms with Gasteiger partial charge in [-0.1, -0.05) is 18.6 Å². The van der Waals surface area contributed by atoms with Crippen molar-refractivity contribution in [1.82, 2.24) is 9.80 Å². The summed E-state index contributed by atoms with van der Waals surface area (Å²) in [6.07, 6.45) is 7.12. The van der Waals surface area contributed by atoms with Gasteiger partial charge in [-0.15, -0.1) is 12.6 Å². The minimum atomic E-state index is 0.552. The summed E-state index contributed by atoms with van der Waals surface area (Å²) in [7, 11) is 0. The molecule has 1 unspecified atom stereocenters. The second-order valence-electron chi connectivity index (χ2n) is 4.20. The molecule has 0 saturated carbocycles. The van der Waals surface area contributed by atoms with Crippen LogP contribution < -0.4 is 0 Å². The van der Waals surface area contributed by atoms with Crippen LogP contribution >= 0.6 is 24.8 Å². The van der Waals surface area contributed by atoms with Gasteiger partial charge in [0.1, 0.15) is 4.32 Å². The first kappa shape index (κ1) is 10.7. The van der Waals surface area contributed by atoms with Gasteiger partial charge in [-0.25, -0.2) is 0 Å². The zero-order valence-corrected chi connectivity index (χ0v) is 10.2. The molecule has 0 aliphatic carbocycles. The molecule has 2 nitrogen and oxygen atoms in total. The highest BCUT2D eigenvalue weighted by atomic mass is 32.1. The molecule has 2 aliphatic rings. The number of hydrogen-bond donors (Lipinski definition) is 1. The van der Waals surface area contributed by atoms with Crippen molar-refractivity contribution >= 4 is 29.2 Å². The first-order valence-corrected chi connectivity index (χ1v) is 6.38. The minimum absolute atomic E-state index is 0.552. The average Bonchev–Trinajstić information content (AvgIpc) is 2.41. The van der Waals surface area contributed by atoms with Crippen molar-refractivity contribution in [3.63, 3.8) is 0 Å². The average molecular weight is 230 g/mol. The van der Waals surface area contributed by atoms with Crippen molar-refractivity contribution in [2.75, 3.05) is 19.6 Å². The van der Waals surface area contributed by atoms with Crippen molar-refractivity contribution in [2.24, 2.45) is 0 Å². The van der Waals surface area contributed by atoms with Gasteiger partial charge in [0, 0.05) is 19.6 Å². The van der Waals surface area contributed by atoms with Gasteiger partial charge in [-0.3, -0.25) is 4.90 Å². The predicted molar refractivity (Wildman–Crippen MR) is 66.7 cm³/mol. The lowest BCUT2D eigenvalue weighted by atomic mass is 10.1. The van der Waals surface area contributed by atoms with Crippen LogP contribution in [0.2, 0.25) is 0 Å². The molecule has 2 saturated heterocycles. The lowest BCUT2D eigenvalue weighted by Crippen LogP contribution is -2.54. The molecule has 2 aliphatic heterocycles. The number of thiocarbonyl (C=S) groups is 1. The van der Waals surface area contributed by atoms with Gasteiger partial charge < -0.3 is 4.90 Å². The SMILES string of the molecule is S=C(S)N1CCCN2CCCCCC21. The molecule has 0 amide bonds. The van der Waals surface area contributed by atoms with E-state index in [9.17, 15) is 0 Å². The van der Waals surface area contributed by atoms with Crippen LogP contribution in [0.5, 0.6) is 0 Å². The van der Waals surface area contributed by atoms with Gasteiger partial charge in [-0.2, -0.15) is 0 Å². The van der Waals surface area contributed by atoms with Crippen molar-refractivity contribution in [3.05, 3.63) is 0 Å². The van der Waals surface area contributed by atoms with Crippen molar-refractivity contribution in [3.8, 4) is 0 Å². The summed E-state index contributed by atoms with van der Waals surface area (Å²) in [5.74, 6) is 0. The maximum Gasteiger partial charge on any atom is 0.134 e. The Morgan fingerprint density at radius 1 is 1.07 bits per heavy atom. The van der Waals surface area contributed by atoms with Gasteiger partial charge in [0.05, 0.1) is 6.17 Å². The summed E-state index contributed by atoms with van der Waals surface area (Å²) in [4.78, 5) is 4.88. The van der Waals surface area contributed by atoms with E-state index >= 15 is 0 Å². The summed E-state index contributed by atoms with van der Waals surface area (Å²) in [5.41, 5.74) is 0. The molecule has 1 atom stereocenters. The summed E-state index contributed by atoms with van der Waals surface area (Å²) in [5, 5.41) is 0. The van der Waals surface area contributed by atoms with Crippen LogP contribution in [0, 0.1) is 0 Å². The third-order valence-corrected chi connectivity index (χ3v) is 3.77. The Balaban J connectivity index is 2.08. The molecule has 14 heavy (non-hydrogen) atoms. The van der Waals surface area contributed by atoms with Crippen LogP contribution in [0.3, 0.4) is 0 Å². The van der Waals surface area contributed by atoms with E-state index in [-0.39, 0.29) is 0 Å². The molecule has 0 aromatic heterocycles. The Morgan fingerprint density at radius 3 is 2.64 bits per heavy atom. The Labute approximate surface area is 97.0 Å². The molecule has 2 heterocycles. The molecule has 0 aromatic rings. The second-order valence-corrected chi connectivity index (χ2v) is 5.31. The number of hydrogen-bond acceptors (Lipinski definition) is 2. The first-order chi connectivity index (χ1) is 6.79. The Kier molecular flexibility index (Phi) is 3.68. The molecule has 0 N–H and O–H groups in total. The van der Waals surface area contributed by atoms with E-state index in [4.69, 9.17) is 12.2 Å². The van der Waals surface area contributed by atoms with E-state index in [2.05, 4.69) is 22.4 Å². The summed E-state index contributed by atoms with van der Waals surface area (Å²) >= 11 is 9.52. The summed E-state index contributed by atoms with van der Waals surface area (Å²) in [6.45, 7) is 3.60. The molecule has 2 rings (SSSR count). The number of rotatable bonds is 0. The largest absolute Gasteiger partial charge is 0.342 e. The molecule has 80 valence electrons. The van der Waals surface area contributed by atoms with Gasteiger partial charge in [0.15, 0.2) is 0 Å². The van der Waals surface area contributed by atoms with Gasteiger partial charge >= 0.3 is 0 Å². The molecular formula is C10H18N2S2. The van der Waals surface area contributed by atoms with E-state index in [0.717, 1.165) is 10.9 Å². The fourth-order valence-corrected chi connectivity index (χ4v) is 3.03. The topological polar surface area (TPSA) is 6.48 Å². The fourth-order valence-electron chi connectivity index (χ4n) is 2.58. The quantitative estimate of drug-likeness (QED) is 0.503. The molecule has 2 fully saturated rings. The molecule has 4 heteroatoms. The highest BCUT2D eigenvalue weighted by Gasteiger charge is 2.30.